The lowest BCUT2D eigenvalue weighted by molar-refractivity contribution is 0.354. The van der Waals surface area contributed by atoms with Crippen molar-refractivity contribution in [2.75, 3.05) is 27.9 Å². The van der Waals surface area contributed by atoms with Gasteiger partial charge in [-0.15, -0.1) is 24.0 Å². The van der Waals surface area contributed by atoms with Crippen LogP contribution in [0, 0.1) is 0 Å². The van der Waals surface area contributed by atoms with Gasteiger partial charge in [0.2, 0.25) is 0 Å². The number of methoxy groups -OCH3 is 3. The maximum absolute atomic E-state index is 5.34. The molecule has 2 rings (SSSR count). The summed E-state index contributed by atoms with van der Waals surface area (Å²) in [7, 11) is 4.92. The minimum atomic E-state index is 0. The topological polar surface area (TPSA) is 64.1 Å². The molecular formula is C20H28IN3O3. The van der Waals surface area contributed by atoms with Crippen LogP contribution < -0.4 is 24.8 Å². The molecule has 0 aromatic heterocycles. The van der Waals surface area contributed by atoms with E-state index in [-0.39, 0.29) is 24.0 Å². The third-order valence-electron chi connectivity index (χ3n) is 3.83. The summed E-state index contributed by atoms with van der Waals surface area (Å²) in [6.07, 6.45) is 0. The highest BCUT2D eigenvalue weighted by molar-refractivity contribution is 14.0. The van der Waals surface area contributed by atoms with Crippen molar-refractivity contribution in [3.63, 3.8) is 0 Å². The van der Waals surface area contributed by atoms with Crippen molar-refractivity contribution in [1.29, 1.82) is 0 Å². The lowest BCUT2D eigenvalue weighted by atomic mass is 10.2. The molecular weight excluding hydrogens is 457 g/mol. The van der Waals surface area contributed by atoms with Gasteiger partial charge >= 0.3 is 0 Å². The van der Waals surface area contributed by atoms with Crippen molar-refractivity contribution >= 4 is 29.9 Å². The van der Waals surface area contributed by atoms with Gasteiger partial charge in [-0.2, -0.15) is 0 Å². The predicted molar refractivity (Wildman–Crippen MR) is 120 cm³/mol. The molecule has 0 bridgehead atoms. The molecule has 0 spiro atoms. The number of rotatable bonds is 8. The van der Waals surface area contributed by atoms with Gasteiger partial charge in [-0.3, -0.25) is 0 Å². The molecule has 0 saturated carbocycles. The summed E-state index contributed by atoms with van der Waals surface area (Å²) < 4.78 is 15.8. The Hall–Kier alpha value is -2.16. The van der Waals surface area contributed by atoms with Gasteiger partial charge in [0, 0.05) is 13.1 Å². The normalized spacial score (nSPS) is 10.6. The van der Waals surface area contributed by atoms with Gasteiger partial charge in [0.25, 0.3) is 0 Å². The predicted octanol–water partition coefficient (Wildman–Crippen LogP) is 3.59. The molecule has 6 nitrogen and oxygen atoms in total. The van der Waals surface area contributed by atoms with E-state index in [0.717, 1.165) is 29.4 Å². The number of aliphatic imine (C=N–C) groups is 1. The summed E-state index contributed by atoms with van der Waals surface area (Å²) in [6.45, 7) is 4.06. The van der Waals surface area contributed by atoms with E-state index in [1.165, 1.54) is 0 Å². The Labute approximate surface area is 178 Å². The molecule has 0 atom stereocenters. The molecule has 0 aliphatic heterocycles. The lowest BCUT2D eigenvalue weighted by Gasteiger charge is -2.12. The second-order valence-electron chi connectivity index (χ2n) is 5.59. The van der Waals surface area contributed by atoms with Gasteiger partial charge in [0.1, 0.15) is 5.75 Å². The number of hydrogen-bond acceptors (Lipinski definition) is 4. The molecule has 148 valence electrons. The van der Waals surface area contributed by atoms with E-state index in [2.05, 4.69) is 15.6 Å². The fourth-order valence-electron chi connectivity index (χ4n) is 2.42. The molecule has 0 aliphatic carbocycles. The van der Waals surface area contributed by atoms with E-state index in [1.807, 2.05) is 49.4 Å². The summed E-state index contributed by atoms with van der Waals surface area (Å²) in [5.74, 6) is 3.03. The zero-order chi connectivity index (χ0) is 18.8. The highest BCUT2D eigenvalue weighted by Gasteiger charge is 2.05. The van der Waals surface area contributed by atoms with Crippen LogP contribution >= 0.6 is 24.0 Å². The average molecular weight is 485 g/mol. The zero-order valence-electron chi connectivity index (χ0n) is 16.2. The monoisotopic (exact) mass is 485 g/mol. The summed E-state index contributed by atoms with van der Waals surface area (Å²) in [6, 6.07) is 13.8. The van der Waals surface area contributed by atoms with Crippen LogP contribution in [0.25, 0.3) is 0 Å². The molecule has 2 aromatic rings. The van der Waals surface area contributed by atoms with Gasteiger partial charge in [-0.25, -0.2) is 4.99 Å². The lowest BCUT2D eigenvalue weighted by Crippen LogP contribution is -2.36. The second kappa shape index (κ2) is 12.3. The van der Waals surface area contributed by atoms with Crippen molar-refractivity contribution in [2.45, 2.75) is 20.0 Å². The highest BCUT2D eigenvalue weighted by Crippen LogP contribution is 2.27. The number of guanidine groups is 1. The first-order valence-electron chi connectivity index (χ1n) is 8.56. The molecule has 27 heavy (non-hydrogen) atoms. The van der Waals surface area contributed by atoms with E-state index in [4.69, 9.17) is 14.2 Å². The van der Waals surface area contributed by atoms with Crippen molar-refractivity contribution in [2.24, 2.45) is 4.99 Å². The van der Waals surface area contributed by atoms with Gasteiger partial charge in [-0.05, 0) is 42.3 Å². The maximum atomic E-state index is 5.34. The molecule has 0 heterocycles. The number of nitrogens with zero attached hydrogens (tertiary/aromatic N) is 1. The molecule has 0 fully saturated rings. The van der Waals surface area contributed by atoms with Crippen LogP contribution in [0.4, 0.5) is 0 Å². The van der Waals surface area contributed by atoms with Gasteiger partial charge in [0.15, 0.2) is 17.5 Å². The number of ether oxygens (including phenoxy) is 3. The summed E-state index contributed by atoms with van der Waals surface area (Å²) in [5.41, 5.74) is 2.20. The fraction of sp³-hybridized carbons (Fsp3) is 0.350. The molecule has 0 saturated heterocycles. The van der Waals surface area contributed by atoms with Crippen LogP contribution in [0.5, 0.6) is 17.2 Å². The van der Waals surface area contributed by atoms with Crippen molar-refractivity contribution in [3.8, 4) is 17.2 Å². The maximum Gasteiger partial charge on any atom is 0.191 e. The molecule has 0 aliphatic rings. The third-order valence-corrected chi connectivity index (χ3v) is 3.83. The Bertz CT molecular complexity index is 721. The van der Waals surface area contributed by atoms with Crippen LogP contribution in [0.1, 0.15) is 18.1 Å². The Morgan fingerprint density at radius 2 is 1.52 bits per heavy atom. The number of halogens is 1. The van der Waals surface area contributed by atoms with Crippen LogP contribution in [0.2, 0.25) is 0 Å². The van der Waals surface area contributed by atoms with Crippen molar-refractivity contribution in [3.05, 3.63) is 53.6 Å². The van der Waals surface area contributed by atoms with E-state index in [0.29, 0.717) is 24.6 Å². The van der Waals surface area contributed by atoms with Crippen LogP contribution in [0.15, 0.2) is 47.5 Å². The quantitative estimate of drug-likeness (QED) is 0.340. The second-order valence-corrected chi connectivity index (χ2v) is 5.59. The van der Waals surface area contributed by atoms with Gasteiger partial charge in [0.05, 0.1) is 27.9 Å². The van der Waals surface area contributed by atoms with Crippen molar-refractivity contribution < 1.29 is 14.2 Å². The third kappa shape index (κ3) is 7.16. The standard InChI is InChI=1S/C20H27N3O3.HI/c1-5-21-20(22-13-15-6-9-17(24-2)10-7-15)23-14-16-8-11-18(25-3)19(12-16)26-4;/h6-12H,5,13-14H2,1-4H3,(H2,21,22,23);1H. The van der Waals surface area contributed by atoms with E-state index >= 15 is 0 Å². The van der Waals surface area contributed by atoms with Crippen LogP contribution in [0.3, 0.4) is 0 Å². The average Bonchev–Trinajstić information content (AvgIpc) is 2.70. The van der Waals surface area contributed by atoms with Gasteiger partial charge < -0.3 is 24.8 Å². The summed E-state index contributed by atoms with van der Waals surface area (Å²) >= 11 is 0. The zero-order valence-corrected chi connectivity index (χ0v) is 18.6. The van der Waals surface area contributed by atoms with Crippen molar-refractivity contribution in [1.82, 2.24) is 10.6 Å². The molecule has 2 aromatic carbocycles. The Balaban J connectivity index is 0.00000364. The SMILES string of the molecule is CCNC(=NCc1ccc(OC)c(OC)c1)NCc1ccc(OC)cc1.I. The molecule has 7 heteroatoms. The molecule has 0 amide bonds. The van der Waals surface area contributed by atoms with Gasteiger partial charge in [-0.1, -0.05) is 18.2 Å². The molecule has 0 unspecified atom stereocenters. The summed E-state index contributed by atoms with van der Waals surface area (Å²) in [5, 5.41) is 6.59. The Kier molecular flexibility index (Phi) is 10.4. The largest absolute Gasteiger partial charge is 0.497 e. The number of benzene rings is 2. The van der Waals surface area contributed by atoms with E-state index in [1.54, 1.807) is 21.3 Å². The van der Waals surface area contributed by atoms with E-state index in [9.17, 15) is 0 Å². The number of hydrogen-bond donors (Lipinski definition) is 2. The summed E-state index contributed by atoms with van der Waals surface area (Å²) in [4.78, 5) is 4.64. The first kappa shape index (κ1) is 22.9. The van der Waals surface area contributed by atoms with E-state index < -0.39 is 0 Å². The molecule has 2 N–H and O–H groups in total. The smallest absolute Gasteiger partial charge is 0.191 e. The fourth-order valence-corrected chi connectivity index (χ4v) is 2.42. The first-order valence-corrected chi connectivity index (χ1v) is 8.56. The molecule has 0 radical (unpaired) electrons. The number of nitrogens with one attached hydrogen (secondary N) is 2. The first-order chi connectivity index (χ1) is 12.7. The Morgan fingerprint density at radius 3 is 2.11 bits per heavy atom. The van der Waals surface area contributed by atoms with Crippen LogP contribution in [-0.4, -0.2) is 33.8 Å². The van der Waals surface area contributed by atoms with Crippen LogP contribution in [-0.2, 0) is 13.1 Å². The minimum absolute atomic E-state index is 0. The minimum Gasteiger partial charge on any atom is -0.497 e. The Morgan fingerprint density at radius 1 is 0.852 bits per heavy atom. The highest BCUT2D eigenvalue weighted by atomic mass is 127.